The standard InChI is InChI=1S/C17H21N3O3S/c1-11-3-5-13(6-4-11)9-18-15(22)10-24-17-19-12(2)14(7-8-21)16(23)20-17/h3-6,21H,7-10H2,1-2H3,(H,18,22)(H,19,20,23). The summed E-state index contributed by atoms with van der Waals surface area (Å²) in [5.74, 6) is 0.0495. The molecule has 128 valence electrons. The Bertz CT molecular complexity index is 757. The van der Waals surface area contributed by atoms with E-state index in [1.807, 2.05) is 31.2 Å². The Morgan fingerprint density at radius 1 is 1.29 bits per heavy atom. The zero-order valence-electron chi connectivity index (χ0n) is 13.8. The van der Waals surface area contributed by atoms with Crippen LogP contribution in [0.1, 0.15) is 22.4 Å². The van der Waals surface area contributed by atoms with Crippen LogP contribution in [-0.2, 0) is 17.8 Å². The number of aromatic amines is 1. The Balaban J connectivity index is 1.87. The van der Waals surface area contributed by atoms with E-state index in [0.717, 1.165) is 5.56 Å². The second-order valence-electron chi connectivity index (χ2n) is 5.46. The van der Waals surface area contributed by atoms with Gasteiger partial charge in [0.15, 0.2) is 5.16 Å². The lowest BCUT2D eigenvalue weighted by molar-refractivity contribution is -0.118. The highest BCUT2D eigenvalue weighted by Crippen LogP contribution is 2.12. The van der Waals surface area contributed by atoms with Crippen LogP contribution >= 0.6 is 11.8 Å². The first-order valence-corrected chi connectivity index (χ1v) is 8.64. The van der Waals surface area contributed by atoms with Crippen LogP contribution in [0.2, 0.25) is 0 Å². The number of nitrogens with zero attached hydrogens (tertiary/aromatic N) is 1. The van der Waals surface area contributed by atoms with Crippen molar-refractivity contribution in [1.29, 1.82) is 0 Å². The van der Waals surface area contributed by atoms with Gasteiger partial charge < -0.3 is 15.4 Å². The molecule has 0 spiro atoms. The van der Waals surface area contributed by atoms with E-state index in [1.54, 1.807) is 6.92 Å². The molecule has 0 bridgehead atoms. The zero-order valence-corrected chi connectivity index (χ0v) is 14.6. The first kappa shape index (κ1) is 18.2. The summed E-state index contributed by atoms with van der Waals surface area (Å²) in [6, 6.07) is 7.96. The van der Waals surface area contributed by atoms with E-state index in [-0.39, 0.29) is 30.2 Å². The number of amides is 1. The van der Waals surface area contributed by atoms with Crippen LogP contribution in [0.4, 0.5) is 0 Å². The molecule has 0 saturated heterocycles. The summed E-state index contributed by atoms with van der Waals surface area (Å²) in [7, 11) is 0. The number of carbonyl (C=O) groups excluding carboxylic acids is 1. The number of H-pyrrole nitrogens is 1. The van der Waals surface area contributed by atoms with Crippen molar-refractivity contribution in [2.24, 2.45) is 0 Å². The maximum Gasteiger partial charge on any atom is 0.255 e. The monoisotopic (exact) mass is 347 g/mol. The molecule has 0 aliphatic carbocycles. The highest BCUT2D eigenvalue weighted by Gasteiger charge is 2.10. The predicted molar refractivity (Wildman–Crippen MR) is 94.1 cm³/mol. The van der Waals surface area contributed by atoms with Gasteiger partial charge in [-0.2, -0.15) is 0 Å². The van der Waals surface area contributed by atoms with E-state index in [1.165, 1.54) is 17.3 Å². The number of rotatable bonds is 7. The maximum atomic E-state index is 11.9. The Morgan fingerprint density at radius 3 is 2.62 bits per heavy atom. The summed E-state index contributed by atoms with van der Waals surface area (Å²) in [6.45, 7) is 4.11. The van der Waals surface area contributed by atoms with Crippen molar-refractivity contribution >= 4 is 17.7 Å². The minimum atomic E-state index is -0.265. The largest absolute Gasteiger partial charge is 0.396 e. The fourth-order valence-electron chi connectivity index (χ4n) is 2.15. The molecule has 1 aromatic heterocycles. The smallest absolute Gasteiger partial charge is 0.255 e. The van der Waals surface area contributed by atoms with Gasteiger partial charge in [-0.1, -0.05) is 41.6 Å². The number of aliphatic hydroxyl groups excluding tert-OH is 1. The van der Waals surface area contributed by atoms with Gasteiger partial charge in [0, 0.05) is 30.8 Å². The molecule has 0 fully saturated rings. The van der Waals surface area contributed by atoms with Crippen LogP contribution in [0.3, 0.4) is 0 Å². The molecule has 1 aromatic carbocycles. The quantitative estimate of drug-likeness (QED) is 0.519. The zero-order chi connectivity index (χ0) is 17.5. The molecule has 2 rings (SSSR count). The number of hydrogen-bond donors (Lipinski definition) is 3. The average Bonchev–Trinajstić information content (AvgIpc) is 2.56. The molecule has 0 unspecified atom stereocenters. The third kappa shape index (κ3) is 5.21. The highest BCUT2D eigenvalue weighted by molar-refractivity contribution is 7.99. The van der Waals surface area contributed by atoms with E-state index in [4.69, 9.17) is 5.11 Å². The van der Waals surface area contributed by atoms with Crippen LogP contribution in [0.5, 0.6) is 0 Å². The van der Waals surface area contributed by atoms with E-state index in [0.29, 0.717) is 23.0 Å². The highest BCUT2D eigenvalue weighted by atomic mass is 32.2. The van der Waals surface area contributed by atoms with Gasteiger partial charge >= 0.3 is 0 Å². The Kier molecular flexibility index (Phi) is 6.57. The SMILES string of the molecule is Cc1ccc(CNC(=O)CSc2nc(C)c(CCO)c(=O)[nH]2)cc1. The fraction of sp³-hybridized carbons (Fsp3) is 0.353. The summed E-state index contributed by atoms with van der Waals surface area (Å²) in [5, 5.41) is 12.2. The molecule has 3 N–H and O–H groups in total. The minimum Gasteiger partial charge on any atom is -0.396 e. The second kappa shape index (κ2) is 8.65. The number of thioether (sulfide) groups is 1. The lowest BCUT2D eigenvalue weighted by Gasteiger charge is -2.07. The molecule has 0 aliphatic rings. The lowest BCUT2D eigenvalue weighted by atomic mass is 10.1. The summed E-state index contributed by atoms with van der Waals surface area (Å²) < 4.78 is 0. The summed E-state index contributed by atoms with van der Waals surface area (Å²) in [6.07, 6.45) is 0.274. The molecule has 0 saturated carbocycles. The Morgan fingerprint density at radius 2 is 2.00 bits per heavy atom. The van der Waals surface area contributed by atoms with Crippen LogP contribution in [0, 0.1) is 13.8 Å². The summed E-state index contributed by atoms with van der Waals surface area (Å²) >= 11 is 1.18. The van der Waals surface area contributed by atoms with Crippen molar-refractivity contribution in [2.45, 2.75) is 32.0 Å². The number of benzene rings is 1. The van der Waals surface area contributed by atoms with Gasteiger partial charge in [0.05, 0.1) is 5.75 Å². The van der Waals surface area contributed by atoms with E-state index in [9.17, 15) is 9.59 Å². The van der Waals surface area contributed by atoms with Crippen molar-refractivity contribution in [3.8, 4) is 0 Å². The third-order valence-electron chi connectivity index (χ3n) is 3.51. The van der Waals surface area contributed by atoms with Gasteiger partial charge in [-0.3, -0.25) is 9.59 Å². The number of nitrogens with one attached hydrogen (secondary N) is 2. The molecule has 0 atom stereocenters. The average molecular weight is 347 g/mol. The normalized spacial score (nSPS) is 10.6. The third-order valence-corrected chi connectivity index (χ3v) is 4.39. The van der Waals surface area contributed by atoms with E-state index >= 15 is 0 Å². The van der Waals surface area contributed by atoms with Crippen LogP contribution in [0.25, 0.3) is 0 Å². The topological polar surface area (TPSA) is 95.1 Å². The van der Waals surface area contributed by atoms with Gasteiger partial charge in [0.2, 0.25) is 5.91 Å². The summed E-state index contributed by atoms with van der Waals surface area (Å²) in [5.41, 5.74) is 3.01. The molecule has 0 radical (unpaired) electrons. The molecular weight excluding hydrogens is 326 g/mol. The van der Waals surface area contributed by atoms with Gasteiger partial charge in [-0.15, -0.1) is 0 Å². The molecule has 24 heavy (non-hydrogen) atoms. The van der Waals surface area contributed by atoms with Crippen molar-refractivity contribution in [3.63, 3.8) is 0 Å². The molecule has 1 heterocycles. The van der Waals surface area contributed by atoms with Crippen molar-refractivity contribution in [2.75, 3.05) is 12.4 Å². The number of carbonyl (C=O) groups is 1. The number of aliphatic hydroxyl groups is 1. The van der Waals surface area contributed by atoms with Crippen LogP contribution in [0.15, 0.2) is 34.2 Å². The van der Waals surface area contributed by atoms with Crippen molar-refractivity contribution < 1.29 is 9.90 Å². The van der Waals surface area contributed by atoms with Gasteiger partial charge in [-0.05, 0) is 19.4 Å². The fourth-order valence-corrected chi connectivity index (χ4v) is 2.89. The Hall–Kier alpha value is -2.12. The van der Waals surface area contributed by atoms with E-state index in [2.05, 4.69) is 15.3 Å². The molecule has 0 aliphatic heterocycles. The molecule has 6 nitrogen and oxygen atoms in total. The van der Waals surface area contributed by atoms with Gasteiger partial charge in [0.1, 0.15) is 0 Å². The maximum absolute atomic E-state index is 11.9. The number of hydrogen-bond acceptors (Lipinski definition) is 5. The second-order valence-corrected chi connectivity index (χ2v) is 6.42. The minimum absolute atomic E-state index is 0.0977. The van der Waals surface area contributed by atoms with Crippen LogP contribution < -0.4 is 10.9 Å². The van der Waals surface area contributed by atoms with E-state index < -0.39 is 0 Å². The van der Waals surface area contributed by atoms with Crippen LogP contribution in [-0.4, -0.2) is 33.3 Å². The lowest BCUT2D eigenvalue weighted by Crippen LogP contribution is -2.25. The first-order valence-electron chi connectivity index (χ1n) is 7.65. The molecule has 1 amide bonds. The first-order chi connectivity index (χ1) is 11.5. The molecule has 2 aromatic rings. The number of aryl methyl sites for hydroxylation is 2. The van der Waals surface area contributed by atoms with Crippen molar-refractivity contribution in [3.05, 3.63) is 57.0 Å². The van der Waals surface area contributed by atoms with Gasteiger partial charge in [0.25, 0.3) is 5.56 Å². The molecular formula is C17H21N3O3S. The van der Waals surface area contributed by atoms with Gasteiger partial charge in [-0.25, -0.2) is 4.98 Å². The predicted octanol–water partition coefficient (Wildman–Crippen LogP) is 1.33. The molecule has 7 heteroatoms. The Labute approximate surface area is 144 Å². The summed E-state index contributed by atoms with van der Waals surface area (Å²) in [4.78, 5) is 30.7. The van der Waals surface area contributed by atoms with Crippen molar-refractivity contribution in [1.82, 2.24) is 15.3 Å². The number of aromatic nitrogens is 2.